The Balaban J connectivity index is 2.62. The van der Waals surface area contributed by atoms with Gasteiger partial charge in [-0.2, -0.15) is 0 Å². The molecule has 1 heterocycles. The van der Waals surface area contributed by atoms with Crippen molar-refractivity contribution in [2.45, 2.75) is 6.92 Å². The van der Waals surface area contributed by atoms with E-state index in [1.165, 1.54) is 19.1 Å². The van der Waals surface area contributed by atoms with Gasteiger partial charge in [0.2, 0.25) is 0 Å². The third-order valence-electron chi connectivity index (χ3n) is 3.35. The van der Waals surface area contributed by atoms with E-state index in [-0.39, 0.29) is 24.6 Å². The molecule has 0 spiro atoms. The summed E-state index contributed by atoms with van der Waals surface area (Å²) in [6.07, 6.45) is 0. The SMILES string of the molecule is COC(=O)C1=C(C(=O)OC)N(c2cc(C)c(Cl)cc2Cl)COC1. The van der Waals surface area contributed by atoms with Crippen LogP contribution in [0.5, 0.6) is 0 Å². The van der Waals surface area contributed by atoms with E-state index in [0.717, 1.165) is 5.56 Å². The molecular weight excluding hydrogens is 345 g/mol. The van der Waals surface area contributed by atoms with Crippen LogP contribution >= 0.6 is 23.2 Å². The number of methoxy groups -OCH3 is 2. The van der Waals surface area contributed by atoms with Gasteiger partial charge in [0, 0.05) is 5.02 Å². The van der Waals surface area contributed by atoms with Crippen LogP contribution in [-0.4, -0.2) is 39.5 Å². The van der Waals surface area contributed by atoms with Crippen molar-refractivity contribution >= 4 is 40.8 Å². The van der Waals surface area contributed by atoms with Crippen molar-refractivity contribution in [3.05, 3.63) is 39.0 Å². The lowest BCUT2D eigenvalue weighted by Crippen LogP contribution is -2.39. The second-order valence-electron chi connectivity index (χ2n) is 4.77. The smallest absolute Gasteiger partial charge is 0.355 e. The third kappa shape index (κ3) is 3.44. The van der Waals surface area contributed by atoms with E-state index >= 15 is 0 Å². The molecule has 1 aliphatic rings. The number of esters is 2. The lowest BCUT2D eigenvalue weighted by molar-refractivity contribution is -0.140. The molecule has 0 fully saturated rings. The Morgan fingerprint density at radius 2 is 1.78 bits per heavy atom. The van der Waals surface area contributed by atoms with E-state index in [2.05, 4.69) is 0 Å². The fourth-order valence-corrected chi connectivity index (χ4v) is 2.67. The molecule has 0 saturated heterocycles. The molecule has 1 aromatic carbocycles. The number of nitrogens with zero attached hydrogens (tertiary/aromatic N) is 1. The Hall–Kier alpha value is -1.76. The maximum Gasteiger partial charge on any atom is 0.355 e. The summed E-state index contributed by atoms with van der Waals surface area (Å²) in [6.45, 7) is 1.78. The minimum absolute atomic E-state index is 0.0335. The predicted octanol–water partition coefficient (Wildman–Crippen LogP) is 2.70. The van der Waals surface area contributed by atoms with Crippen molar-refractivity contribution in [3.63, 3.8) is 0 Å². The van der Waals surface area contributed by atoms with E-state index in [9.17, 15) is 9.59 Å². The Kier molecular flexibility index (Phi) is 5.51. The van der Waals surface area contributed by atoms with Gasteiger partial charge in [-0.3, -0.25) is 0 Å². The maximum absolute atomic E-state index is 12.2. The topological polar surface area (TPSA) is 65.1 Å². The Labute approximate surface area is 143 Å². The van der Waals surface area contributed by atoms with E-state index < -0.39 is 11.9 Å². The fraction of sp³-hybridized carbons (Fsp3) is 0.333. The molecule has 0 aliphatic carbocycles. The van der Waals surface area contributed by atoms with Crippen LogP contribution in [0.15, 0.2) is 23.4 Å². The van der Waals surface area contributed by atoms with Gasteiger partial charge in [-0.15, -0.1) is 0 Å². The molecule has 1 aromatic rings. The Morgan fingerprint density at radius 1 is 1.13 bits per heavy atom. The van der Waals surface area contributed by atoms with Gasteiger partial charge in [-0.25, -0.2) is 9.59 Å². The quantitative estimate of drug-likeness (QED) is 0.773. The van der Waals surface area contributed by atoms with Crippen molar-refractivity contribution < 1.29 is 23.8 Å². The molecule has 0 N–H and O–H groups in total. The molecule has 6 nitrogen and oxygen atoms in total. The van der Waals surface area contributed by atoms with Crippen molar-refractivity contribution in [2.24, 2.45) is 0 Å². The van der Waals surface area contributed by atoms with Crippen LogP contribution in [0, 0.1) is 6.92 Å². The van der Waals surface area contributed by atoms with Gasteiger partial charge in [-0.05, 0) is 24.6 Å². The molecular formula is C15H15Cl2NO5. The molecule has 0 atom stereocenters. The van der Waals surface area contributed by atoms with Crippen molar-refractivity contribution in [3.8, 4) is 0 Å². The lowest BCUT2D eigenvalue weighted by atomic mass is 10.1. The maximum atomic E-state index is 12.2. The number of benzene rings is 1. The summed E-state index contributed by atoms with van der Waals surface area (Å²) >= 11 is 12.3. The summed E-state index contributed by atoms with van der Waals surface area (Å²) in [5.41, 5.74) is 1.35. The molecule has 0 amide bonds. The zero-order chi connectivity index (χ0) is 17.1. The first-order chi connectivity index (χ1) is 10.9. The van der Waals surface area contributed by atoms with Gasteiger partial charge in [0.25, 0.3) is 0 Å². The number of carbonyl (C=O) groups is 2. The third-order valence-corrected chi connectivity index (χ3v) is 4.06. The summed E-state index contributed by atoms with van der Waals surface area (Å²) in [5, 5.41) is 0.810. The Bertz CT molecular complexity index is 687. The molecule has 0 bridgehead atoms. The summed E-state index contributed by atoms with van der Waals surface area (Å²) in [4.78, 5) is 25.6. The highest BCUT2D eigenvalue weighted by atomic mass is 35.5. The van der Waals surface area contributed by atoms with Crippen molar-refractivity contribution in [1.29, 1.82) is 0 Å². The zero-order valence-electron chi connectivity index (χ0n) is 12.8. The number of anilines is 1. The number of ether oxygens (including phenoxy) is 3. The van der Waals surface area contributed by atoms with Gasteiger partial charge >= 0.3 is 11.9 Å². The summed E-state index contributed by atoms with van der Waals surface area (Å²) in [5.74, 6) is -1.35. The molecule has 0 saturated carbocycles. The molecule has 0 radical (unpaired) electrons. The average Bonchev–Trinajstić information content (AvgIpc) is 2.56. The van der Waals surface area contributed by atoms with Crippen LogP contribution in [0.25, 0.3) is 0 Å². The largest absolute Gasteiger partial charge is 0.466 e. The number of rotatable bonds is 3. The molecule has 2 rings (SSSR count). The highest BCUT2D eigenvalue weighted by Gasteiger charge is 2.33. The first kappa shape index (κ1) is 17.6. The van der Waals surface area contributed by atoms with Crippen LogP contribution in [-0.2, 0) is 23.8 Å². The van der Waals surface area contributed by atoms with E-state index in [0.29, 0.717) is 15.7 Å². The van der Waals surface area contributed by atoms with Crippen LogP contribution in [0.1, 0.15) is 5.56 Å². The molecule has 23 heavy (non-hydrogen) atoms. The summed E-state index contributed by atoms with van der Waals surface area (Å²) < 4.78 is 14.9. The van der Waals surface area contributed by atoms with Crippen molar-refractivity contribution in [1.82, 2.24) is 0 Å². The van der Waals surface area contributed by atoms with Gasteiger partial charge in [0.15, 0.2) is 0 Å². The normalized spacial score (nSPS) is 14.7. The monoisotopic (exact) mass is 359 g/mol. The predicted molar refractivity (Wildman–Crippen MR) is 85.6 cm³/mol. The lowest BCUT2D eigenvalue weighted by Gasteiger charge is -2.32. The highest BCUT2D eigenvalue weighted by molar-refractivity contribution is 6.37. The molecule has 0 aromatic heterocycles. The van der Waals surface area contributed by atoms with Crippen LogP contribution < -0.4 is 4.90 Å². The van der Waals surface area contributed by atoms with E-state index in [1.807, 2.05) is 0 Å². The molecule has 124 valence electrons. The fourth-order valence-electron chi connectivity index (χ4n) is 2.18. The number of halogens is 2. The van der Waals surface area contributed by atoms with Crippen LogP contribution in [0.4, 0.5) is 5.69 Å². The van der Waals surface area contributed by atoms with Crippen LogP contribution in [0.2, 0.25) is 10.0 Å². The summed E-state index contributed by atoms with van der Waals surface area (Å²) in [7, 11) is 2.45. The molecule has 0 unspecified atom stereocenters. The van der Waals surface area contributed by atoms with Gasteiger partial charge < -0.3 is 19.1 Å². The van der Waals surface area contributed by atoms with Crippen LogP contribution in [0.3, 0.4) is 0 Å². The van der Waals surface area contributed by atoms with Gasteiger partial charge in [0.1, 0.15) is 12.4 Å². The number of carbonyl (C=O) groups excluding carboxylic acids is 2. The first-order valence-corrected chi connectivity index (χ1v) is 7.37. The number of hydrogen-bond acceptors (Lipinski definition) is 6. The number of hydrogen-bond donors (Lipinski definition) is 0. The summed E-state index contributed by atoms with van der Waals surface area (Å²) in [6, 6.07) is 3.27. The van der Waals surface area contributed by atoms with Gasteiger partial charge in [-0.1, -0.05) is 23.2 Å². The minimum atomic E-state index is -0.683. The van der Waals surface area contributed by atoms with Gasteiger partial charge in [0.05, 0.1) is 37.1 Å². The second-order valence-corrected chi connectivity index (χ2v) is 5.58. The first-order valence-electron chi connectivity index (χ1n) is 6.61. The molecule has 8 heteroatoms. The van der Waals surface area contributed by atoms with Crippen molar-refractivity contribution in [2.75, 3.05) is 32.5 Å². The standard InChI is InChI=1S/C15H15Cl2NO5/c1-8-4-12(11(17)5-10(8)16)18-7-23-6-9(14(19)21-2)13(18)15(20)22-3/h4-5H,6-7H2,1-3H3. The molecule has 1 aliphatic heterocycles. The number of aryl methyl sites for hydroxylation is 1. The minimum Gasteiger partial charge on any atom is -0.466 e. The Morgan fingerprint density at radius 3 is 2.39 bits per heavy atom. The second kappa shape index (κ2) is 7.21. The average molecular weight is 360 g/mol. The van der Waals surface area contributed by atoms with E-state index in [1.54, 1.807) is 19.1 Å². The van der Waals surface area contributed by atoms with E-state index in [4.69, 9.17) is 37.4 Å². The highest BCUT2D eigenvalue weighted by Crippen LogP contribution is 2.35. The zero-order valence-corrected chi connectivity index (χ0v) is 14.3.